The van der Waals surface area contributed by atoms with Gasteiger partial charge in [0.1, 0.15) is 11.3 Å². The maximum atomic E-state index is 7.18. The van der Waals surface area contributed by atoms with Gasteiger partial charge < -0.3 is 9.32 Å². The Morgan fingerprint density at radius 3 is 2.09 bits per heavy atom. The maximum Gasteiger partial charge on any atom is 0.134 e. The number of thiophene rings is 1. The summed E-state index contributed by atoms with van der Waals surface area (Å²) in [5.74, 6) is 1.18. The fourth-order valence-electron chi connectivity index (χ4n) is 11.4. The van der Waals surface area contributed by atoms with E-state index < -0.39 is 16.4 Å². The third-order valence-electron chi connectivity index (χ3n) is 13.6. The van der Waals surface area contributed by atoms with E-state index in [1.54, 1.807) is 0 Å². The molecule has 0 spiro atoms. The third-order valence-corrected chi connectivity index (χ3v) is 14.8. The summed E-state index contributed by atoms with van der Waals surface area (Å²) in [5, 5.41) is 8.99. The van der Waals surface area contributed by atoms with Gasteiger partial charge in [-0.3, -0.25) is 0 Å². The molecule has 0 radical (unpaired) electrons. The fraction of sp³-hybridized carbons (Fsp3) is 0.154. The van der Waals surface area contributed by atoms with Crippen LogP contribution < -0.4 is 4.90 Å². The average molecular weight is 726 g/mol. The number of anilines is 2. The molecule has 2 nitrogen and oxygen atoms in total. The molecule has 4 atom stereocenters. The zero-order valence-electron chi connectivity index (χ0n) is 31.4. The minimum atomic E-state index is -0.540. The number of rotatable bonds is 2. The molecule has 0 fully saturated rings. The molecule has 3 heterocycles. The molecule has 3 aliphatic rings. The molecule has 2 aliphatic carbocycles. The van der Waals surface area contributed by atoms with E-state index in [4.69, 9.17) is 4.42 Å². The summed E-state index contributed by atoms with van der Waals surface area (Å²) >= 11 is 1.90. The summed E-state index contributed by atoms with van der Waals surface area (Å²) in [6, 6.07) is 54.0. The molecule has 4 unspecified atom stereocenters. The van der Waals surface area contributed by atoms with Crippen molar-refractivity contribution in [3.05, 3.63) is 191 Å². The molecule has 7 aromatic carbocycles. The van der Waals surface area contributed by atoms with Crippen LogP contribution in [-0.2, 0) is 10.8 Å². The van der Waals surface area contributed by atoms with Gasteiger partial charge in [0.15, 0.2) is 0 Å². The van der Waals surface area contributed by atoms with Crippen LogP contribution in [0.4, 0.5) is 11.4 Å². The lowest BCUT2D eigenvalue weighted by atomic mass is 9.50. The Hall–Kier alpha value is -5.90. The highest BCUT2D eigenvalue weighted by Crippen LogP contribution is 2.67. The number of nitrogens with zero attached hydrogens (tertiary/aromatic N) is 1. The first kappa shape index (κ1) is 31.5. The van der Waals surface area contributed by atoms with E-state index in [-0.39, 0.29) is 5.92 Å². The van der Waals surface area contributed by atoms with Crippen molar-refractivity contribution in [1.82, 2.24) is 0 Å². The van der Waals surface area contributed by atoms with E-state index in [2.05, 4.69) is 190 Å². The monoisotopic (exact) mass is 725 g/mol. The summed E-state index contributed by atoms with van der Waals surface area (Å²) < 4.78 is 9.86. The van der Waals surface area contributed by atoms with Crippen molar-refractivity contribution in [2.24, 2.45) is 0 Å². The van der Waals surface area contributed by atoms with Crippen LogP contribution in [-0.4, -0.2) is 5.54 Å². The average Bonchev–Trinajstić information content (AvgIpc) is 3.81. The van der Waals surface area contributed by atoms with Crippen molar-refractivity contribution in [2.45, 2.75) is 50.0 Å². The second-order valence-electron chi connectivity index (χ2n) is 16.5. The molecule has 12 rings (SSSR count). The van der Waals surface area contributed by atoms with Crippen molar-refractivity contribution in [3.63, 3.8) is 0 Å². The molecule has 2 aromatic heterocycles. The molecule has 0 saturated heterocycles. The van der Waals surface area contributed by atoms with Gasteiger partial charge in [-0.1, -0.05) is 134 Å². The number of benzene rings is 7. The van der Waals surface area contributed by atoms with Crippen LogP contribution in [0.25, 0.3) is 52.7 Å². The van der Waals surface area contributed by atoms with Crippen molar-refractivity contribution in [2.75, 3.05) is 4.90 Å². The molecular weight excluding hydrogens is 687 g/mol. The molecule has 9 aromatic rings. The van der Waals surface area contributed by atoms with Crippen LogP contribution in [0.5, 0.6) is 0 Å². The van der Waals surface area contributed by atoms with Crippen LogP contribution in [0.1, 0.15) is 56.1 Å². The fourth-order valence-corrected chi connectivity index (χ4v) is 12.6. The van der Waals surface area contributed by atoms with Crippen molar-refractivity contribution in [1.29, 1.82) is 0 Å². The largest absolute Gasteiger partial charge is 0.459 e. The summed E-state index contributed by atoms with van der Waals surface area (Å²) in [5.41, 5.74) is 8.81. The van der Waals surface area contributed by atoms with Gasteiger partial charge in [-0.15, -0.1) is 11.3 Å². The van der Waals surface area contributed by atoms with Gasteiger partial charge in [0.25, 0.3) is 0 Å². The van der Waals surface area contributed by atoms with E-state index in [1.807, 2.05) is 11.3 Å². The molecule has 264 valence electrons. The quantitative estimate of drug-likeness (QED) is 0.130. The Balaban J connectivity index is 1.25. The number of hydrogen-bond acceptors (Lipinski definition) is 3. The number of fused-ring (bicyclic) bond motifs is 12. The normalized spacial score (nSPS) is 24.2. The Labute approximate surface area is 324 Å². The van der Waals surface area contributed by atoms with Gasteiger partial charge in [-0.2, -0.15) is 0 Å². The van der Waals surface area contributed by atoms with E-state index >= 15 is 0 Å². The topological polar surface area (TPSA) is 16.4 Å². The van der Waals surface area contributed by atoms with E-state index in [1.165, 1.54) is 86.3 Å². The summed E-state index contributed by atoms with van der Waals surface area (Å²) in [6.07, 6.45) is 5.12. The van der Waals surface area contributed by atoms with Gasteiger partial charge in [0, 0.05) is 53.5 Å². The van der Waals surface area contributed by atoms with Gasteiger partial charge in [0.2, 0.25) is 0 Å². The van der Waals surface area contributed by atoms with Crippen LogP contribution >= 0.6 is 11.3 Å². The van der Waals surface area contributed by atoms with Crippen LogP contribution in [0.2, 0.25) is 0 Å². The SMILES string of the molecule is CC1C2=C3C(C)(c4ccccc4N(c4cc5ccccc5c5ccccc45)C3(C)C=CC2(C)c2cccc3sc4ccccc4c23)c2oc3ccccc3c21. The van der Waals surface area contributed by atoms with Crippen LogP contribution in [0.3, 0.4) is 0 Å². The van der Waals surface area contributed by atoms with Gasteiger partial charge in [-0.05, 0) is 89.5 Å². The predicted molar refractivity (Wildman–Crippen MR) is 232 cm³/mol. The standard InChI is InChI=1S/C52H39NOS/c1-31-45-36-20-9-13-25-42(36)54-49(45)52(4)38-22-11-12-24-40(38)53(41-30-32-16-5-6-17-33(32)34-18-7-8-19-35(34)41)51(3)29-28-50(2,47(31)48(51)52)39-23-15-27-44-46(39)37-21-10-14-26-43(37)55-44/h5-31H,1-4H3. The first-order valence-corrected chi connectivity index (χ1v) is 20.3. The summed E-state index contributed by atoms with van der Waals surface area (Å²) in [6.45, 7) is 9.87. The number of furan rings is 1. The third kappa shape index (κ3) is 3.80. The molecule has 1 aliphatic heterocycles. The zero-order valence-corrected chi connectivity index (χ0v) is 32.2. The second kappa shape index (κ2) is 10.6. The second-order valence-corrected chi connectivity index (χ2v) is 17.5. The van der Waals surface area contributed by atoms with Crippen molar-refractivity contribution >= 4 is 75.4 Å². The lowest BCUT2D eigenvalue weighted by molar-refractivity contribution is 0.375. The Morgan fingerprint density at radius 2 is 1.24 bits per heavy atom. The van der Waals surface area contributed by atoms with Gasteiger partial charge >= 0.3 is 0 Å². The number of hydrogen-bond donors (Lipinski definition) is 0. The summed E-state index contributed by atoms with van der Waals surface area (Å²) in [4.78, 5) is 2.67. The zero-order chi connectivity index (χ0) is 36.8. The Morgan fingerprint density at radius 1 is 0.582 bits per heavy atom. The molecule has 3 heteroatoms. The Kier molecular flexibility index (Phi) is 6.09. The van der Waals surface area contributed by atoms with Crippen LogP contribution in [0.15, 0.2) is 173 Å². The smallest absolute Gasteiger partial charge is 0.134 e. The first-order valence-electron chi connectivity index (χ1n) is 19.5. The highest BCUT2D eigenvalue weighted by atomic mass is 32.1. The first-order chi connectivity index (χ1) is 26.8. The van der Waals surface area contributed by atoms with E-state index in [0.717, 1.165) is 11.3 Å². The van der Waals surface area contributed by atoms with E-state index in [9.17, 15) is 0 Å². The molecule has 0 saturated carbocycles. The summed E-state index contributed by atoms with van der Waals surface area (Å²) in [7, 11) is 0. The molecular formula is C52H39NOS. The van der Waals surface area contributed by atoms with Crippen molar-refractivity contribution in [3.8, 4) is 0 Å². The Bertz CT molecular complexity index is 3190. The minimum absolute atomic E-state index is 0.0941. The van der Waals surface area contributed by atoms with Crippen molar-refractivity contribution < 1.29 is 4.42 Å². The number of para-hydroxylation sites is 2. The molecule has 55 heavy (non-hydrogen) atoms. The highest BCUT2D eigenvalue weighted by Gasteiger charge is 2.61. The maximum absolute atomic E-state index is 7.18. The lowest BCUT2D eigenvalue weighted by Crippen LogP contribution is -2.59. The van der Waals surface area contributed by atoms with E-state index in [0.29, 0.717) is 0 Å². The number of allylic oxidation sites excluding steroid dienone is 2. The predicted octanol–water partition coefficient (Wildman–Crippen LogP) is 14.3. The van der Waals surface area contributed by atoms with Crippen LogP contribution in [0, 0.1) is 0 Å². The van der Waals surface area contributed by atoms with Gasteiger partial charge in [-0.25, -0.2) is 0 Å². The minimum Gasteiger partial charge on any atom is -0.459 e. The molecule has 0 amide bonds. The highest BCUT2D eigenvalue weighted by molar-refractivity contribution is 7.25. The lowest BCUT2D eigenvalue weighted by Gasteiger charge is -2.60. The van der Waals surface area contributed by atoms with Gasteiger partial charge in [0.05, 0.1) is 16.6 Å². The molecule has 0 bridgehead atoms. The molecule has 0 N–H and O–H groups in total.